The lowest BCUT2D eigenvalue weighted by molar-refractivity contribution is -0.132. The zero-order chi connectivity index (χ0) is 21.8. The van der Waals surface area contributed by atoms with Crippen LogP contribution in [0.4, 0.5) is 5.69 Å². The van der Waals surface area contributed by atoms with Gasteiger partial charge in [-0.1, -0.05) is 30.3 Å². The Morgan fingerprint density at radius 1 is 1.32 bits per heavy atom. The van der Waals surface area contributed by atoms with Crippen molar-refractivity contribution in [1.82, 2.24) is 10.6 Å². The fourth-order valence-electron chi connectivity index (χ4n) is 3.72. The van der Waals surface area contributed by atoms with Gasteiger partial charge >= 0.3 is 0 Å². The number of hydrogen-bond donors (Lipinski definition) is 2. The number of fused-ring (bicyclic) bond motifs is 1. The Bertz CT molecular complexity index is 1000. The highest BCUT2D eigenvalue weighted by Gasteiger charge is 2.24. The van der Waals surface area contributed by atoms with Gasteiger partial charge in [0, 0.05) is 26.6 Å². The molecule has 0 aromatic heterocycles. The highest BCUT2D eigenvalue weighted by Crippen LogP contribution is 2.40. The minimum absolute atomic E-state index is 0.247. The van der Waals surface area contributed by atoms with E-state index in [2.05, 4.69) is 29.3 Å². The summed E-state index contributed by atoms with van der Waals surface area (Å²) in [5, 5.41) is 15.5. The number of rotatable bonds is 5. The number of nitrogens with zero attached hydrogens (tertiary/aromatic N) is 2. The van der Waals surface area contributed by atoms with E-state index in [-0.39, 0.29) is 5.91 Å². The van der Waals surface area contributed by atoms with Crippen LogP contribution in [0.15, 0.2) is 54.9 Å². The van der Waals surface area contributed by atoms with Crippen molar-refractivity contribution >= 4 is 11.6 Å². The van der Waals surface area contributed by atoms with Gasteiger partial charge in [-0.05, 0) is 48.4 Å². The molecule has 2 aliphatic heterocycles. The van der Waals surface area contributed by atoms with Gasteiger partial charge in [-0.25, -0.2) is 0 Å². The minimum Gasteiger partial charge on any atom is -0.439 e. The van der Waals surface area contributed by atoms with Crippen LogP contribution in [-0.2, 0) is 16.0 Å². The summed E-state index contributed by atoms with van der Waals surface area (Å²) < 4.78 is 11.2. The van der Waals surface area contributed by atoms with Crippen LogP contribution in [0.5, 0.6) is 5.75 Å². The summed E-state index contributed by atoms with van der Waals surface area (Å²) in [6.45, 7) is 5.73. The Morgan fingerprint density at radius 2 is 2.10 bits per heavy atom. The van der Waals surface area contributed by atoms with Crippen LogP contribution in [-0.4, -0.2) is 44.8 Å². The van der Waals surface area contributed by atoms with E-state index < -0.39 is 12.1 Å². The summed E-state index contributed by atoms with van der Waals surface area (Å²) in [4.78, 5) is 14.4. The first-order chi connectivity index (χ1) is 15.0. The Kier molecular flexibility index (Phi) is 6.21. The number of anilines is 1. The summed E-state index contributed by atoms with van der Waals surface area (Å²) in [7, 11) is 1.92. The largest absolute Gasteiger partial charge is 0.439 e. The molecule has 0 spiro atoms. The predicted octanol–water partition coefficient (Wildman–Crippen LogP) is 2.58. The van der Waals surface area contributed by atoms with Crippen molar-refractivity contribution in [1.29, 1.82) is 5.26 Å². The van der Waals surface area contributed by atoms with E-state index in [0.29, 0.717) is 25.5 Å². The molecular formula is C24H26N4O3. The molecule has 0 aliphatic carbocycles. The monoisotopic (exact) mass is 418 g/mol. The summed E-state index contributed by atoms with van der Waals surface area (Å²) in [5.74, 6) is 1.16. The normalized spacial score (nSPS) is 19.0. The third kappa shape index (κ3) is 4.71. The summed E-state index contributed by atoms with van der Waals surface area (Å²) in [6.07, 6.45) is 0.752. The van der Waals surface area contributed by atoms with Gasteiger partial charge in [0.1, 0.15) is 12.1 Å². The molecule has 1 saturated heterocycles. The van der Waals surface area contributed by atoms with Gasteiger partial charge in [-0.15, -0.1) is 0 Å². The van der Waals surface area contributed by atoms with Gasteiger partial charge in [0.15, 0.2) is 11.6 Å². The molecule has 2 aliphatic rings. The standard InChI is InChI=1S/C24H26N4O3/c1-16-28(2)21-13-19(8-9-22(21)31-16)18-6-4-17(5-7-18)12-20(14-25)27-24(29)23-15-26-10-3-11-30-23/h4-9,13,20,23,26H,1,3,10-12,15H2,2H3,(H,27,29)/t20-,23+/m1/s1. The van der Waals surface area contributed by atoms with Gasteiger partial charge < -0.3 is 25.0 Å². The maximum Gasteiger partial charge on any atom is 0.251 e. The van der Waals surface area contributed by atoms with E-state index in [4.69, 9.17) is 9.47 Å². The second-order valence-corrected chi connectivity index (χ2v) is 7.75. The molecule has 2 atom stereocenters. The molecule has 0 bridgehead atoms. The van der Waals surface area contributed by atoms with Crippen LogP contribution in [0.2, 0.25) is 0 Å². The summed E-state index contributed by atoms with van der Waals surface area (Å²) in [6, 6.07) is 15.6. The number of hydrogen-bond acceptors (Lipinski definition) is 6. The first-order valence-corrected chi connectivity index (χ1v) is 10.4. The third-order valence-corrected chi connectivity index (χ3v) is 5.56. The van der Waals surface area contributed by atoms with Gasteiger partial charge in [0.2, 0.25) is 0 Å². The first-order valence-electron chi connectivity index (χ1n) is 10.4. The fraction of sp³-hybridized carbons (Fsp3) is 0.333. The fourth-order valence-corrected chi connectivity index (χ4v) is 3.72. The summed E-state index contributed by atoms with van der Waals surface area (Å²) >= 11 is 0. The second-order valence-electron chi connectivity index (χ2n) is 7.75. The Morgan fingerprint density at radius 3 is 2.87 bits per heavy atom. The number of carbonyl (C=O) groups excluding carboxylic acids is 1. The predicted molar refractivity (Wildman–Crippen MR) is 119 cm³/mol. The van der Waals surface area contributed by atoms with Gasteiger partial charge in [0.05, 0.1) is 11.8 Å². The minimum atomic E-state index is -0.609. The van der Waals surface area contributed by atoms with Crippen molar-refractivity contribution in [3.05, 3.63) is 60.5 Å². The van der Waals surface area contributed by atoms with Gasteiger partial charge in [-0.2, -0.15) is 5.26 Å². The number of nitrogens with one attached hydrogen (secondary N) is 2. The topological polar surface area (TPSA) is 86.6 Å². The van der Waals surface area contributed by atoms with Crippen LogP contribution < -0.4 is 20.3 Å². The number of ether oxygens (including phenoxy) is 2. The number of nitriles is 1. The number of benzene rings is 2. The van der Waals surface area contributed by atoms with Crippen molar-refractivity contribution in [2.24, 2.45) is 0 Å². The molecule has 4 rings (SSSR count). The molecule has 31 heavy (non-hydrogen) atoms. The van der Waals surface area contributed by atoms with Crippen molar-refractivity contribution in [2.45, 2.75) is 25.0 Å². The molecular weight excluding hydrogens is 392 g/mol. The maximum absolute atomic E-state index is 12.4. The van der Waals surface area contributed by atoms with Crippen molar-refractivity contribution in [3.63, 3.8) is 0 Å². The lowest BCUT2D eigenvalue weighted by atomic mass is 10.00. The van der Waals surface area contributed by atoms with Gasteiger partial charge in [0.25, 0.3) is 5.91 Å². The quantitative estimate of drug-likeness (QED) is 0.776. The maximum atomic E-state index is 12.4. The molecule has 0 saturated carbocycles. The van der Waals surface area contributed by atoms with E-state index in [9.17, 15) is 10.1 Å². The zero-order valence-corrected chi connectivity index (χ0v) is 17.6. The Hall–Kier alpha value is -3.34. The molecule has 2 heterocycles. The molecule has 2 N–H and O–H groups in total. The van der Waals surface area contributed by atoms with Gasteiger partial charge in [-0.3, -0.25) is 4.79 Å². The molecule has 160 valence electrons. The highest BCUT2D eigenvalue weighted by atomic mass is 16.5. The van der Waals surface area contributed by atoms with Crippen LogP contribution in [0, 0.1) is 11.3 Å². The zero-order valence-electron chi connectivity index (χ0n) is 17.6. The molecule has 1 fully saturated rings. The highest BCUT2D eigenvalue weighted by molar-refractivity contribution is 5.81. The van der Waals surface area contributed by atoms with Crippen LogP contribution in [0.25, 0.3) is 11.1 Å². The first kappa shape index (κ1) is 20.9. The molecule has 0 unspecified atom stereocenters. The second kappa shape index (κ2) is 9.21. The lowest BCUT2D eigenvalue weighted by Gasteiger charge is -2.18. The van der Waals surface area contributed by atoms with E-state index in [1.54, 1.807) is 0 Å². The third-order valence-electron chi connectivity index (χ3n) is 5.56. The lowest BCUT2D eigenvalue weighted by Crippen LogP contribution is -2.46. The van der Waals surface area contributed by atoms with E-state index in [0.717, 1.165) is 41.1 Å². The molecule has 7 heteroatoms. The van der Waals surface area contributed by atoms with Crippen molar-refractivity contribution in [3.8, 4) is 22.9 Å². The SMILES string of the molecule is C=C1Oc2ccc(-c3ccc(C[C@H](C#N)NC(=O)[C@@H]4CNCCCO4)cc3)cc2N1C. The van der Waals surface area contributed by atoms with E-state index in [1.807, 2.05) is 48.3 Å². The molecule has 1 amide bonds. The van der Waals surface area contributed by atoms with Crippen LogP contribution in [0.3, 0.4) is 0 Å². The number of carbonyl (C=O) groups is 1. The Labute approximate surface area is 182 Å². The summed E-state index contributed by atoms with van der Waals surface area (Å²) in [5.41, 5.74) is 4.09. The average molecular weight is 418 g/mol. The van der Waals surface area contributed by atoms with E-state index in [1.165, 1.54) is 0 Å². The van der Waals surface area contributed by atoms with Crippen molar-refractivity contribution in [2.75, 3.05) is 31.6 Å². The number of amides is 1. The van der Waals surface area contributed by atoms with Crippen LogP contribution in [0.1, 0.15) is 12.0 Å². The van der Waals surface area contributed by atoms with E-state index >= 15 is 0 Å². The molecule has 7 nitrogen and oxygen atoms in total. The smallest absolute Gasteiger partial charge is 0.251 e. The molecule has 2 aromatic rings. The molecule has 2 aromatic carbocycles. The average Bonchev–Trinajstić information content (AvgIpc) is 2.96. The van der Waals surface area contributed by atoms with Crippen molar-refractivity contribution < 1.29 is 14.3 Å². The Balaban J connectivity index is 1.40. The van der Waals surface area contributed by atoms with Crippen LogP contribution >= 0.6 is 0 Å². The molecule has 0 radical (unpaired) electrons.